The van der Waals surface area contributed by atoms with Crippen LogP contribution in [-0.2, 0) is 20.9 Å². The quantitative estimate of drug-likeness (QED) is 0.494. The summed E-state index contributed by atoms with van der Waals surface area (Å²) in [6.45, 7) is 4.94. The summed E-state index contributed by atoms with van der Waals surface area (Å²) in [6.07, 6.45) is 5.52. The third-order valence-corrected chi connectivity index (χ3v) is 8.18. The zero-order valence-corrected chi connectivity index (χ0v) is 20.7. The predicted molar refractivity (Wildman–Crippen MR) is 134 cm³/mol. The molecule has 0 bridgehead atoms. The van der Waals surface area contributed by atoms with E-state index in [0.717, 1.165) is 44.6 Å². The standard InChI is InChI=1S/C26H36N6O4/c27-17-4-6-18(7-5-17)31-14-12-30(13-15-31)11-10-24(34)28-21-3-1-2-19-20(21)16-32(26(19)36)22-8-9-23(33)29-25(22)35/h1-3,17-18,22H,4-16,27H2,(H,28,34)(H,29,33,35). The van der Waals surface area contributed by atoms with E-state index < -0.39 is 11.9 Å². The predicted octanol–water partition coefficient (Wildman–Crippen LogP) is 0.664. The lowest BCUT2D eigenvalue weighted by Crippen LogP contribution is -2.52. The van der Waals surface area contributed by atoms with Gasteiger partial charge in [0.25, 0.3) is 5.91 Å². The molecule has 5 rings (SSSR count). The average Bonchev–Trinajstić information content (AvgIpc) is 3.21. The van der Waals surface area contributed by atoms with Crippen LogP contribution in [0.4, 0.5) is 5.69 Å². The maximum atomic E-state index is 13.0. The summed E-state index contributed by atoms with van der Waals surface area (Å²) in [5.41, 5.74) is 7.88. The number of nitrogens with two attached hydrogens (primary N) is 1. The van der Waals surface area contributed by atoms with Gasteiger partial charge in [0.05, 0.1) is 0 Å². The molecule has 10 nitrogen and oxygen atoms in total. The minimum absolute atomic E-state index is 0.0843. The lowest BCUT2D eigenvalue weighted by Gasteiger charge is -2.41. The molecule has 4 aliphatic rings. The Kier molecular flexibility index (Phi) is 7.36. The van der Waals surface area contributed by atoms with Crippen LogP contribution in [0.25, 0.3) is 0 Å². The fraction of sp³-hybridized carbons (Fsp3) is 0.615. The molecule has 4 N–H and O–H groups in total. The zero-order valence-electron chi connectivity index (χ0n) is 20.7. The summed E-state index contributed by atoms with van der Waals surface area (Å²) in [7, 11) is 0. The van der Waals surface area contributed by atoms with Crippen molar-refractivity contribution in [3.8, 4) is 0 Å². The van der Waals surface area contributed by atoms with Gasteiger partial charge in [-0.3, -0.25) is 29.4 Å². The number of fused-ring (bicyclic) bond motifs is 1. The minimum atomic E-state index is -0.671. The van der Waals surface area contributed by atoms with Crippen LogP contribution in [0.3, 0.4) is 0 Å². The van der Waals surface area contributed by atoms with E-state index in [2.05, 4.69) is 20.4 Å². The second kappa shape index (κ2) is 10.7. The highest BCUT2D eigenvalue weighted by Gasteiger charge is 2.40. The topological polar surface area (TPSA) is 128 Å². The van der Waals surface area contributed by atoms with E-state index in [1.807, 2.05) is 0 Å². The Morgan fingerprint density at radius 1 is 1.03 bits per heavy atom. The maximum absolute atomic E-state index is 13.0. The Morgan fingerprint density at radius 3 is 2.50 bits per heavy atom. The third-order valence-electron chi connectivity index (χ3n) is 8.18. The smallest absolute Gasteiger partial charge is 0.255 e. The number of piperazine rings is 1. The van der Waals surface area contributed by atoms with Crippen molar-refractivity contribution in [2.24, 2.45) is 5.73 Å². The van der Waals surface area contributed by atoms with E-state index >= 15 is 0 Å². The van der Waals surface area contributed by atoms with Gasteiger partial charge in [-0.25, -0.2) is 0 Å². The number of anilines is 1. The van der Waals surface area contributed by atoms with E-state index in [9.17, 15) is 19.2 Å². The van der Waals surface area contributed by atoms with Crippen molar-refractivity contribution >= 4 is 29.3 Å². The van der Waals surface area contributed by atoms with Crippen LogP contribution in [0.2, 0.25) is 0 Å². The van der Waals surface area contributed by atoms with Crippen LogP contribution in [0.15, 0.2) is 18.2 Å². The molecule has 0 radical (unpaired) electrons. The van der Waals surface area contributed by atoms with Gasteiger partial charge >= 0.3 is 0 Å². The summed E-state index contributed by atoms with van der Waals surface area (Å²) < 4.78 is 0. The zero-order chi connectivity index (χ0) is 25.2. The number of piperidine rings is 1. The molecule has 0 aromatic heterocycles. The van der Waals surface area contributed by atoms with Crippen LogP contribution < -0.4 is 16.4 Å². The minimum Gasteiger partial charge on any atom is -0.328 e. The molecule has 10 heteroatoms. The largest absolute Gasteiger partial charge is 0.328 e. The molecule has 194 valence electrons. The molecule has 1 aromatic rings. The number of nitrogens with zero attached hydrogens (tertiary/aromatic N) is 3. The summed E-state index contributed by atoms with van der Waals surface area (Å²) in [5, 5.41) is 5.30. The van der Waals surface area contributed by atoms with Gasteiger partial charge in [-0.1, -0.05) is 6.07 Å². The fourth-order valence-electron chi connectivity index (χ4n) is 5.99. The molecule has 1 aromatic carbocycles. The molecular formula is C26H36N6O4. The van der Waals surface area contributed by atoms with Crippen molar-refractivity contribution in [1.82, 2.24) is 20.0 Å². The van der Waals surface area contributed by atoms with Crippen molar-refractivity contribution in [3.63, 3.8) is 0 Å². The molecule has 2 saturated heterocycles. The Bertz CT molecular complexity index is 1030. The van der Waals surface area contributed by atoms with Gasteiger partial charge in [-0.05, 0) is 44.2 Å². The number of carbonyl (C=O) groups is 4. The number of hydrogen-bond donors (Lipinski definition) is 3. The van der Waals surface area contributed by atoms with Crippen LogP contribution in [0.5, 0.6) is 0 Å². The average molecular weight is 497 g/mol. The van der Waals surface area contributed by atoms with Gasteiger partial charge in [0, 0.05) is 81.0 Å². The van der Waals surface area contributed by atoms with Crippen molar-refractivity contribution in [2.75, 3.05) is 38.0 Å². The number of imide groups is 1. The monoisotopic (exact) mass is 496 g/mol. The van der Waals surface area contributed by atoms with Gasteiger partial charge in [0.1, 0.15) is 6.04 Å². The number of nitrogens with one attached hydrogen (secondary N) is 2. The van der Waals surface area contributed by atoms with E-state index in [0.29, 0.717) is 42.7 Å². The molecule has 1 saturated carbocycles. The van der Waals surface area contributed by atoms with Crippen molar-refractivity contribution < 1.29 is 19.2 Å². The molecule has 0 spiro atoms. The fourth-order valence-corrected chi connectivity index (χ4v) is 5.99. The maximum Gasteiger partial charge on any atom is 0.255 e. The van der Waals surface area contributed by atoms with Crippen LogP contribution in [0.1, 0.15) is 60.9 Å². The highest BCUT2D eigenvalue weighted by molar-refractivity contribution is 6.06. The second-order valence-corrected chi connectivity index (χ2v) is 10.5. The number of benzene rings is 1. The summed E-state index contributed by atoms with van der Waals surface area (Å²) in [6, 6.07) is 5.61. The lowest BCUT2D eigenvalue weighted by atomic mass is 9.90. The Morgan fingerprint density at radius 2 is 1.78 bits per heavy atom. The first-order valence-electron chi connectivity index (χ1n) is 13.2. The Hall–Kier alpha value is -2.82. The van der Waals surface area contributed by atoms with Gasteiger partial charge < -0.3 is 20.9 Å². The number of rotatable bonds is 6. The Labute approximate surface area is 211 Å². The molecule has 3 heterocycles. The first-order valence-corrected chi connectivity index (χ1v) is 13.2. The molecular weight excluding hydrogens is 460 g/mol. The van der Waals surface area contributed by atoms with Crippen LogP contribution >= 0.6 is 0 Å². The molecule has 3 fully saturated rings. The molecule has 4 amide bonds. The van der Waals surface area contributed by atoms with Gasteiger partial charge in [-0.2, -0.15) is 0 Å². The van der Waals surface area contributed by atoms with Crippen molar-refractivity contribution in [1.29, 1.82) is 0 Å². The van der Waals surface area contributed by atoms with E-state index in [4.69, 9.17) is 5.73 Å². The van der Waals surface area contributed by atoms with Gasteiger partial charge in [0.15, 0.2) is 0 Å². The molecule has 36 heavy (non-hydrogen) atoms. The van der Waals surface area contributed by atoms with Crippen molar-refractivity contribution in [3.05, 3.63) is 29.3 Å². The molecule has 1 unspecified atom stereocenters. The molecule has 3 aliphatic heterocycles. The van der Waals surface area contributed by atoms with Gasteiger partial charge in [-0.15, -0.1) is 0 Å². The summed E-state index contributed by atoms with van der Waals surface area (Å²) >= 11 is 0. The highest BCUT2D eigenvalue weighted by atomic mass is 16.2. The first-order chi connectivity index (χ1) is 17.4. The van der Waals surface area contributed by atoms with E-state index in [1.165, 1.54) is 17.7 Å². The summed E-state index contributed by atoms with van der Waals surface area (Å²) in [4.78, 5) is 56.0. The summed E-state index contributed by atoms with van der Waals surface area (Å²) in [5.74, 6) is -1.08. The van der Waals surface area contributed by atoms with Gasteiger partial charge in [0.2, 0.25) is 17.7 Å². The van der Waals surface area contributed by atoms with E-state index in [-0.39, 0.29) is 30.7 Å². The van der Waals surface area contributed by atoms with Crippen LogP contribution in [0, 0.1) is 0 Å². The lowest BCUT2D eigenvalue weighted by molar-refractivity contribution is -0.137. The van der Waals surface area contributed by atoms with E-state index in [1.54, 1.807) is 18.2 Å². The third kappa shape index (κ3) is 5.30. The van der Waals surface area contributed by atoms with Crippen LogP contribution in [-0.4, -0.2) is 89.2 Å². The number of amides is 4. The first kappa shape index (κ1) is 24.9. The normalized spacial score (nSPS) is 27.6. The number of carbonyl (C=O) groups excluding carboxylic acids is 4. The van der Waals surface area contributed by atoms with Crippen molar-refractivity contribution in [2.45, 2.75) is 69.6 Å². The number of hydrogen-bond acceptors (Lipinski definition) is 7. The Balaban J connectivity index is 1.12. The molecule has 1 aliphatic carbocycles. The SMILES string of the molecule is NC1CCC(N2CCN(CCC(=O)Nc3cccc4c3CN(C3CCC(=O)NC3=O)C4=O)CC2)CC1. The second-order valence-electron chi connectivity index (χ2n) is 10.5. The highest BCUT2D eigenvalue weighted by Crippen LogP contribution is 2.32. The molecule has 1 atom stereocenters.